The number of hydrogen-bond acceptors (Lipinski definition) is 4. The standard InChI is InChI=1S/C20H20ClIN2O3S/c1-26-17-11-13(20(28)24-8-4-5-9-24)10-15(22)19(17)27-12-18(25)23-16-7-3-2-6-14(16)21/h2-3,6-7,10-11H,4-5,8-9,12H2,1H3,(H,23,25). The van der Waals surface area contributed by atoms with Crippen LogP contribution in [0.3, 0.4) is 0 Å². The van der Waals surface area contributed by atoms with E-state index >= 15 is 0 Å². The Labute approximate surface area is 188 Å². The molecule has 0 unspecified atom stereocenters. The van der Waals surface area contributed by atoms with E-state index in [1.165, 1.54) is 0 Å². The number of carbonyl (C=O) groups is 1. The van der Waals surface area contributed by atoms with Crippen LogP contribution in [-0.4, -0.2) is 42.6 Å². The Bertz CT molecular complexity index is 888. The largest absolute Gasteiger partial charge is 0.493 e. The quantitative estimate of drug-likeness (QED) is 0.432. The molecule has 148 valence electrons. The number of nitrogens with zero attached hydrogens (tertiary/aromatic N) is 1. The lowest BCUT2D eigenvalue weighted by molar-refractivity contribution is -0.118. The van der Waals surface area contributed by atoms with E-state index in [-0.39, 0.29) is 12.5 Å². The summed E-state index contributed by atoms with van der Waals surface area (Å²) in [5.74, 6) is 0.766. The molecule has 1 N–H and O–H groups in total. The van der Waals surface area contributed by atoms with Crippen molar-refractivity contribution in [2.45, 2.75) is 12.8 Å². The Kier molecular flexibility index (Phi) is 7.36. The predicted molar refractivity (Wildman–Crippen MR) is 124 cm³/mol. The molecule has 1 amide bonds. The van der Waals surface area contributed by atoms with Crippen molar-refractivity contribution >= 4 is 63.0 Å². The van der Waals surface area contributed by atoms with Crippen molar-refractivity contribution in [3.05, 3.63) is 50.6 Å². The van der Waals surface area contributed by atoms with E-state index in [1.807, 2.05) is 12.1 Å². The van der Waals surface area contributed by atoms with Crippen molar-refractivity contribution in [2.24, 2.45) is 0 Å². The van der Waals surface area contributed by atoms with Gasteiger partial charge in [0.2, 0.25) is 0 Å². The smallest absolute Gasteiger partial charge is 0.262 e. The van der Waals surface area contributed by atoms with Gasteiger partial charge in [0.05, 0.1) is 21.4 Å². The summed E-state index contributed by atoms with van der Waals surface area (Å²) in [7, 11) is 1.57. The van der Waals surface area contributed by atoms with Crippen LogP contribution in [0.4, 0.5) is 5.69 Å². The average Bonchev–Trinajstić information content (AvgIpc) is 3.22. The van der Waals surface area contributed by atoms with Crippen LogP contribution in [0, 0.1) is 3.57 Å². The van der Waals surface area contributed by atoms with Gasteiger partial charge in [0.15, 0.2) is 18.1 Å². The lowest BCUT2D eigenvalue weighted by Crippen LogP contribution is -2.26. The Morgan fingerprint density at radius 2 is 2.00 bits per heavy atom. The summed E-state index contributed by atoms with van der Waals surface area (Å²) in [6, 6.07) is 10.9. The maximum Gasteiger partial charge on any atom is 0.262 e. The number of thiocarbonyl (C=S) groups is 1. The zero-order valence-electron chi connectivity index (χ0n) is 15.3. The fraction of sp³-hybridized carbons (Fsp3) is 0.300. The van der Waals surface area contributed by atoms with Crippen molar-refractivity contribution in [1.82, 2.24) is 4.90 Å². The third kappa shape index (κ3) is 5.07. The molecule has 3 rings (SSSR count). The number of halogens is 2. The number of methoxy groups -OCH3 is 1. The highest BCUT2D eigenvalue weighted by Gasteiger charge is 2.20. The molecule has 8 heteroatoms. The molecule has 0 bridgehead atoms. The van der Waals surface area contributed by atoms with E-state index in [0.717, 1.165) is 40.1 Å². The molecule has 0 spiro atoms. The van der Waals surface area contributed by atoms with Crippen LogP contribution in [0.5, 0.6) is 11.5 Å². The van der Waals surface area contributed by atoms with Gasteiger partial charge in [-0.1, -0.05) is 36.0 Å². The molecule has 1 aliphatic rings. The molecule has 1 aliphatic heterocycles. The summed E-state index contributed by atoms with van der Waals surface area (Å²) in [6.45, 7) is 1.81. The molecular weight excluding hydrogens is 511 g/mol. The van der Waals surface area contributed by atoms with Gasteiger partial charge in [-0.25, -0.2) is 0 Å². The van der Waals surface area contributed by atoms with E-state index in [4.69, 9.17) is 33.3 Å². The monoisotopic (exact) mass is 530 g/mol. The third-order valence-corrected chi connectivity index (χ3v) is 5.99. The van der Waals surface area contributed by atoms with E-state index in [9.17, 15) is 4.79 Å². The predicted octanol–water partition coefficient (Wildman–Crippen LogP) is 4.74. The van der Waals surface area contributed by atoms with Gasteiger partial charge in [0.25, 0.3) is 5.91 Å². The van der Waals surface area contributed by atoms with Gasteiger partial charge in [0.1, 0.15) is 4.99 Å². The highest BCUT2D eigenvalue weighted by molar-refractivity contribution is 14.1. The minimum absolute atomic E-state index is 0.159. The van der Waals surface area contributed by atoms with Crippen LogP contribution in [0.15, 0.2) is 36.4 Å². The Morgan fingerprint density at radius 3 is 2.68 bits per heavy atom. The fourth-order valence-corrected chi connectivity index (χ4v) is 4.21. The number of likely N-dealkylation sites (tertiary alicyclic amines) is 1. The normalized spacial score (nSPS) is 13.3. The highest BCUT2D eigenvalue weighted by atomic mass is 127. The summed E-state index contributed by atoms with van der Waals surface area (Å²) >= 11 is 13.9. The topological polar surface area (TPSA) is 50.8 Å². The van der Waals surface area contributed by atoms with Gasteiger partial charge in [-0.05, 0) is 59.7 Å². The molecule has 1 heterocycles. The second-order valence-corrected chi connectivity index (χ2v) is 8.26. The first-order valence-corrected chi connectivity index (χ1v) is 10.7. The highest BCUT2D eigenvalue weighted by Crippen LogP contribution is 2.35. The first-order valence-electron chi connectivity index (χ1n) is 8.83. The number of ether oxygens (including phenoxy) is 2. The Morgan fingerprint density at radius 1 is 1.29 bits per heavy atom. The second-order valence-electron chi connectivity index (χ2n) is 6.31. The summed E-state index contributed by atoms with van der Waals surface area (Å²) in [5.41, 5.74) is 1.47. The van der Waals surface area contributed by atoms with Crippen LogP contribution < -0.4 is 14.8 Å². The van der Waals surface area contributed by atoms with Gasteiger partial charge in [-0.3, -0.25) is 4.79 Å². The number of hydrogen-bond donors (Lipinski definition) is 1. The van der Waals surface area contributed by atoms with Gasteiger partial charge in [-0.2, -0.15) is 0 Å². The minimum Gasteiger partial charge on any atom is -0.493 e. The number of carbonyl (C=O) groups excluding carboxylic acids is 1. The lowest BCUT2D eigenvalue weighted by atomic mass is 10.2. The summed E-state index contributed by atoms with van der Waals surface area (Å²) in [5, 5.41) is 3.21. The molecule has 0 aliphatic carbocycles. The number of amides is 1. The number of benzene rings is 2. The first-order chi connectivity index (χ1) is 13.5. The van der Waals surface area contributed by atoms with Crippen molar-refractivity contribution in [3.8, 4) is 11.5 Å². The van der Waals surface area contributed by atoms with E-state index in [0.29, 0.717) is 22.2 Å². The molecule has 0 radical (unpaired) electrons. The van der Waals surface area contributed by atoms with E-state index in [1.54, 1.807) is 31.4 Å². The maximum absolute atomic E-state index is 12.2. The van der Waals surface area contributed by atoms with Gasteiger partial charge in [0, 0.05) is 18.7 Å². The zero-order valence-corrected chi connectivity index (χ0v) is 19.1. The minimum atomic E-state index is -0.303. The number of rotatable bonds is 6. The average molecular weight is 531 g/mol. The molecule has 0 atom stereocenters. The number of anilines is 1. The zero-order chi connectivity index (χ0) is 20.1. The number of para-hydroxylation sites is 1. The molecule has 5 nitrogen and oxygen atoms in total. The summed E-state index contributed by atoms with van der Waals surface area (Å²) in [4.78, 5) is 15.3. The second kappa shape index (κ2) is 9.76. The molecule has 0 saturated carbocycles. The van der Waals surface area contributed by atoms with Crippen LogP contribution in [0.25, 0.3) is 0 Å². The molecule has 2 aromatic rings. The van der Waals surface area contributed by atoms with Crippen molar-refractivity contribution in [2.75, 3.05) is 32.1 Å². The molecule has 2 aromatic carbocycles. The third-order valence-electron chi connectivity index (χ3n) is 4.37. The van der Waals surface area contributed by atoms with E-state index in [2.05, 4.69) is 32.8 Å². The van der Waals surface area contributed by atoms with Gasteiger partial charge >= 0.3 is 0 Å². The molecule has 0 aromatic heterocycles. The van der Waals surface area contributed by atoms with Crippen LogP contribution in [0.2, 0.25) is 5.02 Å². The number of nitrogens with one attached hydrogen (secondary N) is 1. The SMILES string of the molecule is COc1cc(C(=S)N2CCCC2)cc(I)c1OCC(=O)Nc1ccccc1Cl. The molecular formula is C20H20ClIN2O3S. The first kappa shape index (κ1) is 21.1. The molecule has 1 fully saturated rings. The van der Waals surface area contributed by atoms with Crippen molar-refractivity contribution in [3.63, 3.8) is 0 Å². The Balaban J connectivity index is 1.70. The maximum atomic E-state index is 12.2. The molecule has 28 heavy (non-hydrogen) atoms. The van der Waals surface area contributed by atoms with Crippen LogP contribution in [-0.2, 0) is 4.79 Å². The van der Waals surface area contributed by atoms with Crippen LogP contribution >= 0.6 is 46.4 Å². The van der Waals surface area contributed by atoms with Gasteiger partial charge < -0.3 is 19.7 Å². The Hall–Kier alpha value is -1.58. The fourth-order valence-electron chi connectivity index (χ4n) is 2.97. The van der Waals surface area contributed by atoms with E-state index < -0.39 is 0 Å². The molecule has 1 saturated heterocycles. The van der Waals surface area contributed by atoms with Crippen molar-refractivity contribution in [1.29, 1.82) is 0 Å². The summed E-state index contributed by atoms with van der Waals surface area (Å²) < 4.78 is 12.1. The summed E-state index contributed by atoms with van der Waals surface area (Å²) in [6.07, 6.45) is 2.33. The van der Waals surface area contributed by atoms with Gasteiger partial charge in [-0.15, -0.1) is 0 Å². The lowest BCUT2D eigenvalue weighted by Gasteiger charge is -2.20. The van der Waals surface area contributed by atoms with Crippen molar-refractivity contribution < 1.29 is 14.3 Å². The van der Waals surface area contributed by atoms with Crippen LogP contribution in [0.1, 0.15) is 18.4 Å².